The first-order valence-electron chi connectivity index (χ1n) is 5.91. The Morgan fingerprint density at radius 2 is 1.94 bits per heavy atom. The smallest absolute Gasteiger partial charge is 0.411 e. The van der Waals surface area contributed by atoms with Crippen LogP contribution < -0.4 is 5.32 Å². The molecule has 0 radical (unpaired) electrons. The Balaban J connectivity index is 2.18. The summed E-state index contributed by atoms with van der Waals surface area (Å²) < 4.78 is 6.21. The molecule has 0 bridgehead atoms. The van der Waals surface area contributed by atoms with Crippen LogP contribution in [0.1, 0.15) is 32.6 Å². The van der Waals surface area contributed by atoms with Crippen molar-refractivity contribution in [3.63, 3.8) is 0 Å². The highest BCUT2D eigenvalue weighted by Gasteiger charge is 2.02. The second kappa shape index (κ2) is 8.33. The van der Waals surface area contributed by atoms with Crippen molar-refractivity contribution in [3.05, 3.63) is 27.8 Å². The van der Waals surface area contributed by atoms with Crippen LogP contribution >= 0.6 is 22.6 Å². The number of carbonyl (C=O) groups is 1. The van der Waals surface area contributed by atoms with Gasteiger partial charge in [0, 0.05) is 9.26 Å². The predicted molar refractivity (Wildman–Crippen MR) is 78.3 cm³/mol. The normalized spacial score (nSPS) is 10.0. The fourth-order valence-electron chi connectivity index (χ4n) is 1.38. The lowest BCUT2D eigenvalue weighted by Gasteiger charge is -2.06. The molecule has 0 fully saturated rings. The molecule has 3 nitrogen and oxygen atoms in total. The van der Waals surface area contributed by atoms with E-state index < -0.39 is 0 Å². The van der Waals surface area contributed by atoms with Gasteiger partial charge in [-0.05, 0) is 53.3 Å². The number of rotatable bonds is 6. The summed E-state index contributed by atoms with van der Waals surface area (Å²) in [4.78, 5) is 11.4. The average Bonchev–Trinajstić information content (AvgIpc) is 2.32. The molecule has 0 saturated carbocycles. The van der Waals surface area contributed by atoms with Crippen molar-refractivity contribution in [1.29, 1.82) is 0 Å². The summed E-state index contributed by atoms with van der Waals surface area (Å²) in [5.41, 5.74) is 0.768. The van der Waals surface area contributed by atoms with Gasteiger partial charge in [0.1, 0.15) is 0 Å². The molecule has 1 rings (SSSR count). The summed E-state index contributed by atoms with van der Waals surface area (Å²) in [5, 5.41) is 2.70. The van der Waals surface area contributed by atoms with Crippen molar-refractivity contribution in [1.82, 2.24) is 0 Å². The molecule has 1 aromatic rings. The molecule has 0 aromatic heterocycles. The molecule has 0 aliphatic heterocycles. The van der Waals surface area contributed by atoms with Gasteiger partial charge in [0.2, 0.25) is 0 Å². The summed E-state index contributed by atoms with van der Waals surface area (Å²) in [6, 6.07) is 7.61. The quantitative estimate of drug-likeness (QED) is 0.611. The Bertz CT molecular complexity index is 338. The number of halogens is 1. The molecular formula is C13H18INO2. The number of hydrogen-bond acceptors (Lipinski definition) is 2. The van der Waals surface area contributed by atoms with E-state index in [9.17, 15) is 4.79 Å². The largest absolute Gasteiger partial charge is 0.449 e. The van der Waals surface area contributed by atoms with Crippen molar-refractivity contribution in [2.24, 2.45) is 0 Å². The minimum atomic E-state index is -0.372. The minimum absolute atomic E-state index is 0.372. The zero-order valence-corrected chi connectivity index (χ0v) is 12.2. The lowest BCUT2D eigenvalue weighted by atomic mass is 10.2. The van der Waals surface area contributed by atoms with E-state index in [1.165, 1.54) is 12.8 Å². The monoisotopic (exact) mass is 347 g/mol. The van der Waals surface area contributed by atoms with Crippen molar-refractivity contribution in [2.45, 2.75) is 32.6 Å². The van der Waals surface area contributed by atoms with Gasteiger partial charge < -0.3 is 4.74 Å². The van der Waals surface area contributed by atoms with Crippen LogP contribution in [0.15, 0.2) is 24.3 Å². The minimum Gasteiger partial charge on any atom is -0.449 e. The van der Waals surface area contributed by atoms with Gasteiger partial charge >= 0.3 is 6.09 Å². The van der Waals surface area contributed by atoms with Gasteiger partial charge in [0.15, 0.2) is 0 Å². The maximum absolute atomic E-state index is 11.4. The lowest BCUT2D eigenvalue weighted by molar-refractivity contribution is 0.159. The fourth-order valence-corrected chi connectivity index (χ4v) is 1.74. The number of hydrogen-bond donors (Lipinski definition) is 1. The second-order valence-electron chi connectivity index (χ2n) is 3.83. The van der Waals surface area contributed by atoms with Crippen LogP contribution in [0.25, 0.3) is 0 Å². The molecule has 0 spiro atoms. The zero-order chi connectivity index (χ0) is 12.5. The molecular weight excluding hydrogens is 329 g/mol. The third-order valence-corrected chi connectivity index (χ3v) is 3.04. The highest BCUT2D eigenvalue weighted by molar-refractivity contribution is 14.1. The molecule has 94 valence electrons. The van der Waals surface area contributed by atoms with Gasteiger partial charge in [-0.3, -0.25) is 5.32 Å². The first-order valence-corrected chi connectivity index (χ1v) is 6.99. The van der Waals surface area contributed by atoms with E-state index in [4.69, 9.17) is 4.74 Å². The van der Waals surface area contributed by atoms with E-state index in [-0.39, 0.29) is 6.09 Å². The maximum atomic E-state index is 11.4. The number of benzene rings is 1. The van der Waals surface area contributed by atoms with Gasteiger partial charge in [-0.15, -0.1) is 0 Å². The Kier molecular flexibility index (Phi) is 7.00. The summed E-state index contributed by atoms with van der Waals surface area (Å²) >= 11 is 2.22. The lowest BCUT2D eigenvalue weighted by Crippen LogP contribution is -2.14. The topological polar surface area (TPSA) is 38.3 Å². The van der Waals surface area contributed by atoms with Crippen molar-refractivity contribution in [2.75, 3.05) is 11.9 Å². The summed E-state index contributed by atoms with van der Waals surface area (Å²) in [7, 11) is 0. The van der Waals surface area contributed by atoms with Gasteiger partial charge in [0.05, 0.1) is 6.61 Å². The molecule has 0 aliphatic rings. The van der Waals surface area contributed by atoms with Crippen LogP contribution in [0, 0.1) is 3.57 Å². The predicted octanol–water partition coefficient (Wildman–Crippen LogP) is 4.42. The van der Waals surface area contributed by atoms with Crippen LogP contribution in [0.5, 0.6) is 0 Å². The average molecular weight is 347 g/mol. The number of unbranched alkanes of at least 4 members (excludes halogenated alkanes) is 3. The third-order valence-electron chi connectivity index (χ3n) is 2.32. The van der Waals surface area contributed by atoms with E-state index in [1.54, 1.807) is 0 Å². The highest BCUT2D eigenvalue weighted by Crippen LogP contribution is 2.11. The van der Waals surface area contributed by atoms with Crippen molar-refractivity contribution in [3.8, 4) is 0 Å². The molecule has 4 heteroatoms. The summed E-state index contributed by atoms with van der Waals surface area (Å²) in [6.45, 7) is 2.65. The number of amides is 1. The first kappa shape index (κ1) is 14.3. The fraction of sp³-hybridized carbons (Fsp3) is 0.462. The SMILES string of the molecule is CCCCCCOC(=O)Nc1ccc(I)cc1. The van der Waals surface area contributed by atoms with Crippen LogP contribution in [-0.2, 0) is 4.74 Å². The highest BCUT2D eigenvalue weighted by atomic mass is 127. The van der Waals surface area contributed by atoms with Crippen LogP contribution in [0.4, 0.5) is 10.5 Å². The first-order chi connectivity index (χ1) is 8.22. The Morgan fingerprint density at radius 3 is 2.59 bits per heavy atom. The molecule has 0 atom stereocenters. The molecule has 0 heterocycles. The molecule has 1 N–H and O–H groups in total. The van der Waals surface area contributed by atoms with Gasteiger partial charge in [-0.25, -0.2) is 4.79 Å². The van der Waals surface area contributed by atoms with Crippen LogP contribution in [0.3, 0.4) is 0 Å². The molecule has 0 aliphatic carbocycles. The third kappa shape index (κ3) is 6.51. The number of nitrogens with one attached hydrogen (secondary N) is 1. The van der Waals surface area contributed by atoms with Crippen LogP contribution in [0.2, 0.25) is 0 Å². The van der Waals surface area contributed by atoms with Gasteiger partial charge in [-0.1, -0.05) is 26.2 Å². The Morgan fingerprint density at radius 1 is 1.24 bits per heavy atom. The summed E-state index contributed by atoms with van der Waals surface area (Å²) in [6.07, 6.45) is 4.07. The van der Waals surface area contributed by atoms with Crippen molar-refractivity contribution < 1.29 is 9.53 Å². The van der Waals surface area contributed by atoms with Crippen LogP contribution in [-0.4, -0.2) is 12.7 Å². The van der Waals surface area contributed by atoms with E-state index >= 15 is 0 Å². The standard InChI is InChI=1S/C13H18INO2/c1-2-3-4-5-10-17-13(16)15-12-8-6-11(14)7-9-12/h6-9H,2-5,10H2,1H3,(H,15,16). The number of anilines is 1. The molecule has 0 saturated heterocycles. The molecule has 1 aromatic carbocycles. The van der Waals surface area contributed by atoms with E-state index in [1.807, 2.05) is 24.3 Å². The molecule has 1 amide bonds. The van der Waals surface area contributed by atoms with E-state index in [0.717, 1.165) is 22.1 Å². The van der Waals surface area contributed by atoms with Gasteiger partial charge in [0.25, 0.3) is 0 Å². The molecule has 0 unspecified atom stereocenters. The zero-order valence-electron chi connectivity index (χ0n) is 10.0. The van der Waals surface area contributed by atoms with Crippen molar-refractivity contribution >= 4 is 34.4 Å². The Labute approximate surface area is 116 Å². The Hall–Kier alpha value is -0.780. The van der Waals surface area contributed by atoms with E-state index in [0.29, 0.717) is 6.61 Å². The second-order valence-corrected chi connectivity index (χ2v) is 5.07. The van der Waals surface area contributed by atoms with E-state index in [2.05, 4.69) is 34.8 Å². The number of ether oxygens (including phenoxy) is 1. The molecule has 17 heavy (non-hydrogen) atoms. The van der Waals surface area contributed by atoms with Gasteiger partial charge in [-0.2, -0.15) is 0 Å². The number of carbonyl (C=O) groups excluding carboxylic acids is 1. The maximum Gasteiger partial charge on any atom is 0.411 e. The summed E-state index contributed by atoms with van der Waals surface area (Å²) in [5.74, 6) is 0.